The maximum absolute atomic E-state index is 10.4. The average molecular weight is 304 g/mol. The molecule has 3 aromatic rings. The van der Waals surface area contributed by atoms with Crippen molar-refractivity contribution in [2.24, 2.45) is 0 Å². The minimum atomic E-state index is -1.13. The zero-order valence-electron chi connectivity index (χ0n) is 11.1. The summed E-state index contributed by atoms with van der Waals surface area (Å²) >= 11 is 0. The molecule has 2 aromatic heterocycles. The first kappa shape index (κ1) is 16.5. The molecule has 0 fully saturated rings. The largest absolute Gasteiger partial charge is 0.478 e. The van der Waals surface area contributed by atoms with Crippen molar-refractivity contribution in [2.45, 2.75) is 0 Å². The van der Waals surface area contributed by atoms with Crippen LogP contribution in [0.1, 0.15) is 20.7 Å². The molecule has 10 nitrogen and oxygen atoms in total. The van der Waals surface area contributed by atoms with E-state index < -0.39 is 11.9 Å². The first-order valence-electron chi connectivity index (χ1n) is 5.77. The van der Waals surface area contributed by atoms with Gasteiger partial charge in [-0.2, -0.15) is 30.8 Å². The van der Waals surface area contributed by atoms with E-state index in [9.17, 15) is 9.59 Å². The molecule has 0 amide bonds. The van der Waals surface area contributed by atoms with Gasteiger partial charge in [0.25, 0.3) is 0 Å². The number of benzene rings is 1. The molecule has 0 bridgehead atoms. The maximum Gasteiger partial charge on any atom is 0.335 e. The number of carboxylic acid groups (broad SMARTS) is 2. The van der Waals surface area contributed by atoms with Crippen LogP contribution in [0, 0.1) is 0 Å². The molecule has 1 aromatic carbocycles. The summed E-state index contributed by atoms with van der Waals surface area (Å²) in [5, 5.41) is 35.7. The molecule has 0 unspecified atom stereocenters. The number of carboxylic acids is 2. The van der Waals surface area contributed by atoms with E-state index in [2.05, 4.69) is 30.8 Å². The van der Waals surface area contributed by atoms with E-state index in [1.165, 1.54) is 18.2 Å². The maximum atomic E-state index is 10.4. The zero-order chi connectivity index (χ0) is 16.2. The minimum Gasteiger partial charge on any atom is -0.478 e. The lowest BCUT2D eigenvalue weighted by molar-refractivity contribution is 0.0696. The predicted molar refractivity (Wildman–Crippen MR) is 73.1 cm³/mol. The third-order valence-corrected chi connectivity index (χ3v) is 2.02. The first-order valence-corrected chi connectivity index (χ1v) is 5.77. The average Bonchev–Trinajstić information content (AvgIpc) is 3.25. The van der Waals surface area contributed by atoms with Gasteiger partial charge in [-0.05, 0) is 18.2 Å². The van der Waals surface area contributed by atoms with Gasteiger partial charge in [0.2, 0.25) is 0 Å². The second-order valence-electron chi connectivity index (χ2n) is 3.50. The molecule has 3 rings (SSSR count). The second kappa shape index (κ2) is 9.36. The molecular weight excluding hydrogens is 292 g/mol. The Kier molecular flexibility index (Phi) is 7.02. The Labute approximate surface area is 123 Å². The van der Waals surface area contributed by atoms with Crippen molar-refractivity contribution in [3.8, 4) is 0 Å². The van der Waals surface area contributed by atoms with Gasteiger partial charge in [-0.3, -0.25) is 0 Å². The van der Waals surface area contributed by atoms with Crippen LogP contribution in [0.5, 0.6) is 0 Å². The van der Waals surface area contributed by atoms with Crippen molar-refractivity contribution in [2.75, 3.05) is 0 Å². The summed E-state index contributed by atoms with van der Waals surface area (Å²) in [6.45, 7) is 0. The standard InChI is InChI=1S/C8H6O4.2C2H3N3/c9-7(10)5-2-1-3-6(4-5)8(11)12;2*1-2-4-5-3-1/h1-4H,(H,9,10)(H,11,12);2*1-2H,(H,3,4,5). The Bertz CT molecular complexity index is 579. The molecule has 0 radical (unpaired) electrons. The van der Waals surface area contributed by atoms with E-state index in [1.807, 2.05) is 0 Å². The monoisotopic (exact) mass is 304 g/mol. The minimum absolute atomic E-state index is 0.0186. The molecule has 114 valence electrons. The third kappa shape index (κ3) is 6.56. The Hall–Kier alpha value is -3.56. The van der Waals surface area contributed by atoms with Gasteiger partial charge >= 0.3 is 11.9 Å². The van der Waals surface area contributed by atoms with E-state index in [0.29, 0.717) is 0 Å². The predicted octanol–water partition coefficient (Wildman–Crippen LogP) is 0.692. The van der Waals surface area contributed by atoms with Crippen LogP contribution in [0.15, 0.2) is 49.1 Å². The number of aromatic amines is 2. The smallest absolute Gasteiger partial charge is 0.335 e. The summed E-state index contributed by atoms with van der Waals surface area (Å²) in [5.41, 5.74) is -0.0372. The summed E-state index contributed by atoms with van der Waals surface area (Å²) < 4.78 is 0. The summed E-state index contributed by atoms with van der Waals surface area (Å²) in [6.07, 6.45) is 6.33. The van der Waals surface area contributed by atoms with E-state index in [0.717, 1.165) is 6.07 Å². The molecule has 0 aliphatic rings. The van der Waals surface area contributed by atoms with Gasteiger partial charge in [0, 0.05) is 0 Å². The number of hydrogen-bond acceptors (Lipinski definition) is 6. The van der Waals surface area contributed by atoms with Gasteiger partial charge in [0.1, 0.15) is 0 Å². The van der Waals surface area contributed by atoms with Gasteiger partial charge < -0.3 is 10.2 Å². The van der Waals surface area contributed by atoms with E-state index in [-0.39, 0.29) is 11.1 Å². The van der Waals surface area contributed by atoms with Gasteiger partial charge in [0.15, 0.2) is 0 Å². The van der Waals surface area contributed by atoms with Gasteiger partial charge in [0.05, 0.1) is 35.9 Å². The highest BCUT2D eigenvalue weighted by Gasteiger charge is 2.06. The number of hydrogen-bond donors (Lipinski definition) is 4. The van der Waals surface area contributed by atoms with Crippen molar-refractivity contribution < 1.29 is 19.8 Å². The van der Waals surface area contributed by atoms with E-state index >= 15 is 0 Å². The van der Waals surface area contributed by atoms with Crippen molar-refractivity contribution in [3.63, 3.8) is 0 Å². The number of nitrogens with one attached hydrogen (secondary N) is 2. The zero-order valence-corrected chi connectivity index (χ0v) is 11.1. The summed E-state index contributed by atoms with van der Waals surface area (Å²) in [6, 6.07) is 5.20. The van der Waals surface area contributed by atoms with E-state index in [4.69, 9.17) is 10.2 Å². The van der Waals surface area contributed by atoms with Crippen LogP contribution in [0.3, 0.4) is 0 Å². The molecule has 22 heavy (non-hydrogen) atoms. The van der Waals surface area contributed by atoms with Crippen LogP contribution in [-0.4, -0.2) is 53.0 Å². The molecule has 4 N–H and O–H groups in total. The Morgan fingerprint density at radius 3 is 1.36 bits per heavy atom. The molecular formula is C12H12N6O4. The van der Waals surface area contributed by atoms with Crippen LogP contribution >= 0.6 is 0 Å². The van der Waals surface area contributed by atoms with Gasteiger partial charge in [-0.15, -0.1) is 0 Å². The Balaban J connectivity index is 0.000000197. The fraction of sp³-hybridized carbons (Fsp3) is 0. The summed E-state index contributed by atoms with van der Waals surface area (Å²) in [7, 11) is 0. The molecule has 0 spiro atoms. The highest BCUT2D eigenvalue weighted by molar-refractivity contribution is 5.93. The van der Waals surface area contributed by atoms with Crippen LogP contribution < -0.4 is 0 Å². The molecule has 0 atom stereocenters. The fourth-order valence-electron chi connectivity index (χ4n) is 1.12. The number of rotatable bonds is 2. The van der Waals surface area contributed by atoms with Crippen LogP contribution in [0.25, 0.3) is 0 Å². The molecule has 0 aliphatic carbocycles. The van der Waals surface area contributed by atoms with Crippen LogP contribution in [0.4, 0.5) is 0 Å². The summed E-state index contributed by atoms with van der Waals surface area (Å²) in [4.78, 5) is 20.8. The van der Waals surface area contributed by atoms with Gasteiger partial charge in [-0.1, -0.05) is 6.07 Å². The number of aromatic carboxylic acids is 2. The molecule has 2 heterocycles. The lowest BCUT2D eigenvalue weighted by atomic mass is 10.1. The second-order valence-corrected chi connectivity index (χ2v) is 3.50. The SMILES string of the molecule is O=C(O)c1cccc(C(=O)O)c1.c1cn[nH]n1.c1cn[nH]n1. The van der Waals surface area contributed by atoms with Crippen LogP contribution in [-0.2, 0) is 0 Å². The summed E-state index contributed by atoms with van der Waals surface area (Å²) in [5.74, 6) is -2.25. The Morgan fingerprint density at radius 2 is 1.14 bits per heavy atom. The number of aromatic nitrogens is 6. The molecule has 0 aliphatic heterocycles. The topological polar surface area (TPSA) is 158 Å². The third-order valence-electron chi connectivity index (χ3n) is 2.02. The van der Waals surface area contributed by atoms with Crippen molar-refractivity contribution in [3.05, 3.63) is 60.2 Å². The first-order chi connectivity index (χ1) is 10.6. The molecule has 0 saturated carbocycles. The van der Waals surface area contributed by atoms with Crippen LogP contribution in [0.2, 0.25) is 0 Å². The highest BCUT2D eigenvalue weighted by atomic mass is 16.4. The molecule has 10 heteroatoms. The number of carbonyl (C=O) groups is 2. The normalized spacial score (nSPS) is 8.73. The van der Waals surface area contributed by atoms with Crippen molar-refractivity contribution in [1.29, 1.82) is 0 Å². The highest BCUT2D eigenvalue weighted by Crippen LogP contribution is 2.04. The molecule has 0 saturated heterocycles. The van der Waals surface area contributed by atoms with Gasteiger partial charge in [-0.25, -0.2) is 9.59 Å². The van der Waals surface area contributed by atoms with Crippen molar-refractivity contribution >= 4 is 11.9 Å². The Morgan fingerprint density at radius 1 is 0.773 bits per heavy atom. The lowest BCUT2D eigenvalue weighted by Crippen LogP contribution is -2.01. The number of H-pyrrole nitrogens is 2. The quantitative estimate of drug-likeness (QED) is 0.538. The van der Waals surface area contributed by atoms with E-state index in [1.54, 1.807) is 24.8 Å². The number of nitrogens with zero attached hydrogens (tertiary/aromatic N) is 4. The lowest BCUT2D eigenvalue weighted by Gasteiger charge is -1.95. The van der Waals surface area contributed by atoms with Crippen molar-refractivity contribution in [1.82, 2.24) is 30.8 Å². The fourth-order valence-corrected chi connectivity index (χ4v) is 1.12.